The van der Waals surface area contributed by atoms with Crippen LogP contribution < -0.4 is 5.32 Å². The van der Waals surface area contributed by atoms with E-state index in [1.54, 1.807) is 0 Å². The Bertz CT molecular complexity index is 787. The van der Waals surface area contributed by atoms with E-state index < -0.39 is 17.5 Å². The monoisotopic (exact) mass is 397 g/mol. The van der Waals surface area contributed by atoms with E-state index >= 15 is 0 Å². The quantitative estimate of drug-likeness (QED) is 0.680. The second kappa shape index (κ2) is 10.2. The van der Waals surface area contributed by atoms with Crippen LogP contribution >= 0.6 is 0 Å². The van der Waals surface area contributed by atoms with Crippen molar-refractivity contribution in [1.29, 1.82) is 0 Å². The minimum absolute atomic E-state index is 0.0559. The maximum atomic E-state index is 13.0. The molecule has 1 saturated heterocycles. The third kappa shape index (κ3) is 5.89. The van der Waals surface area contributed by atoms with Crippen molar-refractivity contribution in [2.75, 3.05) is 19.8 Å². The van der Waals surface area contributed by atoms with E-state index in [1.165, 1.54) is 0 Å². The van der Waals surface area contributed by atoms with Gasteiger partial charge in [0.25, 0.3) is 5.91 Å². The number of carboxylic acids is 1. The molecule has 1 aliphatic rings. The number of ether oxygens (including phenoxy) is 2. The van der Waals surface area contributed by atoms with Crippen LogP contribution in [0.1, 0.15) is 24.0 Å². The number of nitrogens with one attached hydrogen (secondary N) is 1. The van der Waals surface area contributed by atoms with Crippen molar-refractivity contribution < 1.29 is 24.2 Å². The van der Waals surface area contributed by atoms with E-state index in [9.17, 15) is 14.7 Å². The third-order valence-electron chi connectivity index (χ3n) is 5.26. The van der Waals surface area contributed by atoms with Gasteiger partial charge in [0.05, 0.1) is 12.5 Å². The molecular weight excluding hydrogens is 370 g/mol. The Hall–Kier alpha value is -2.70. The standard InChI is InChI=1S/C23H27NO5/c25-21(26)20(15-18-7-3-1-4-8-18)16-24-22(27)23(11-13-28-14-12-23)29-17-19-9-5-2-6-10-19/h1-10,20H,11-17H2,(H,24,27)(H,25,26). The molecule has 0 aliphatic carbocycles. The van der Waals surface area contributed by atoms with E-state index in [2.05, 4.69) is 5.32 Å². The summed E-state index contributed by atoms with van der Waals surface area (Å²) in [6.45, 7) is 1.25. The minimum Gasteiger partial charge on any atom is -0.481 e. The number of benzene rings is 2. The van der Waals surface area contributed by atoms with Crippen LogP contribution in [0, 0.1) is 5.92 Å². The van der Waals surface area contributed by atoms with Crippen molar-refractivity contribution >= 4 is 11.9 Å². The lowest BCUT2D eigenvalue weighted by Crippen LogP contribution is -2.53. The van der Waals surface area contributed by atoms with E-state index in [0.717, 1.165) is 11.1 Å². The number of aliphatic carboxylic acids is 1. The summed E-state index contributed by atoms with van der Waals surface area (Å²) >= 11 is 0. The highest BCUT2D eigenvalue weighted by Gasteiger charge is 2.41. The van der Waals surface area contributed by atoms with Crippen LogP contribution in [0.2, 0.25) is 0 Å². The molecule has 0 bridgehead atoms. The Balaban J connectivity index is 1.63. The van der Waals surface area contributed by atoms with Crippen LogP contribution in [0.3, 0.4) is 0 Å². The van der Waals surface area contributed by atoms with Crippen LogP contribution in [-0.4, -0.2) is 42.3 Å². The van der Waals surface area contributed by atoms with Crippen molar-refractivity contribution in [3.63, 3.8) is 0 Å². The van der Waals surface area contributed by atoms with Gasteiger partial charge in [-0.05, 0) is 17.5 Å². The van der Waals surface area contributed by atoms with Crippen LogP contribution in [0.5, 0.6) is 0 Å². The molecule has 1 amide bonds. The molecule has 6 nitrogen and oxygen atoms in total. The Morgan fingerprint density at radius 2 is 1.59 bits per heavy atom. The number of carboxylic acid groups (broad SMARTS) is 1. The smallest absolute Gasteiger partial charge is 0.308 e. The van der Waals surface area contributed by atoms with Crippen molar-refractivity contribution in [2.24, 2.45) is 5.92 Å². The maximum absolute atomic E-state index is 13.0. The summed E-state index contributed by atoms with van der Waals surface area (Å²) in [4.78, 5) is 24.7. The molecule has 2 N–H and O–H groups in total. The molecule has 3 rings (SSSR count). The first-order valence-electron chi connectivity index (χ1n) is 9.90. The predicted octanol–water partition coefficient (Wildman–Crippen LogP) is 2.81. The Kier molecular flexibility index (Phi) is 7.38. The normalized spacial score (nSPS) is 16.7. The van der Waals surface area contributed by atoms with Crippen LogP contribution in [0.25, 0.3) is 0 Å². The number of amides is 1. The predicted molar refractivity (Wildman–Crippen MR) is 108 cm³/mol. The highest BCUT2D eigenvalue weighted by Crippen LogP contribution is 2.27. The van der Waals surface area contributed by atoms with E-state index in [1.807, 2.05) is 60.7 Å². The number of carbonyl (C=O) groups excluding carboxylic acids is 1. The number of carbonyl (C=O) groups is 2. The van der Waals surface area contributed by atoms with Gasteiger partial charge in [-0.2, -0.15) is 0 Å². The lowest BCUT2D eigenvalue weighted by molar-refractivity contribution is -0.164. The molecule has 2 aromatic rings. The lowest BCUT2D eigenvalue weighted by atomic mass is 9.92. The Morgan fingerprint density at radius 1 is 1.00 bits per heavy atom. The molecule has 1 atom stereocenters. The van der Waals surface area contributed by atoms with Gasteiger partial charge in [0, 0.05) is 32.6 Å². The first-order valence-corrected chi connectivity index (χ1v) is 9.90. The highest BCUT2D eigenvalue weighted by molar-refractivity contribution is 5.86. The summed E-state index contributed by atoms with van der Waals surface area (Å²) in [6.07, 6.45) is 1.25. The molecule has 1 fully saturated rings. The van der Waals surface area contributed by atoms with Crippen molar-refractivity contribution in [1.82, 2.24) is 5.32 Å². The van der Waals surface area contributed by atoms with Crippen molar-refractivity contribution in [3.8, 4) is 0 Å². The fourth-order valence-corrected chi connectivity index (χ4v) is 3.46. The summed E-state index contributed by atoms with van der Waals surface area (Å²) in [5.74, 6) is -1.90. The summed E-state index contributed by atoms with van der Waals surface area (Å²) in [7, 11) is 0. The number of rotatable bonds is 9. The molecular formula is C23H27NO5. The van der Waals surface area contributed by atoms with Gasteiger partial charge >= 0.3 is 5.97 Å². The van der Waals surface area contributed by atoms with Crippen LogP contribution in [0.15, 0.2) is 60.7 Å². The van der Waals surface area contributed by atoms with Gasteiger partial charge in [-0.25, -0.2) is 0 Å². The Labute approximate surface area is 170 Å². The summed E-state index contributed by atoms with van der Waals surface area (Å²) < 4.78 is 11.5. The summed E-state index contributed by atoms with van der Waals surface area (Å²) in [5, 5.41) is 12.4. The van der Waals surface area contributed by atoms with Gasteiger partial charge in [-0.15, -0.1) is 0 Å². The van der Waals surface area contributed by atoms with Crippen molar-refractivity contribution in [3.05, 3.63) is 71.8 Å². The molecule has 1 unspecified atom stereocenters. The average Bonchev–Trinajstić information content (AvgIpc) is 2.77. The molecule has 29 heavy (non-hydrogen) atoms. The molecule has 0 aromatic heterocycles. The topological polar surface area (TPSA) is 84.9 Å². The first kappa shape index (κ1) is 21.0. The average molecular weight is 397 g/mol. The van der Waals surface area contributed by atoms with Gasteiger partial charge in [0.2, 0.25) is 0 Å². The van der Waals surface area contributed by atoms with Gasteiger partial charge in [0.15, 0.2) is 5.60 Å². The summed E-state index contributed by atoms with van der Waals surface area (Å²) in [6, 6.07) is 19.1. The molecule has 1 heterocycles. The molecule has 6 heteroatoms. The highest BCUT2D eigenvalue weighted by atomic mass is 16.5. The molecule has 1 aliphatic heterocycles. The number of hydrogen-bond donors (Lipinski definition) is 2. The zero-order chi connectivity index (χ0) is 20.5. The molecule has 154 valence electrons. The van der Waals surface area contributed by atoms with Crippen LogP contribution in [0.4, 0.5) is 0 Å². The lowest BCUT2D eigenvalue weighted by Gasteiger charge is -2.36. The fraction of sp³-hybridized carbons (Fsp3) is 0.391. The second-order valence-electron chi connectivity index (χ2n) is 7.32. The second-order valence-corrected chi connectivity index (χ2v) is 7.32. The van der Waals surface area contributed by atoms with Gasteiger partial charge in [-0.1, -0.05) is 60.7 Å². The minimum atomic E-state index is -0.996. The van der Waals surface area contributed by atoms with E-state index in [0.29, 0.717) is 39.1 Å². The van der Waals surface area contributed by atoms with E-state index in [4.69, 9.17) is 9.47 Å². The third-order valence-corrected chi connectivity index (χ3v) is 5.26. The van der Waals surface area contributed by atoms with Gasteiger partial charge in [-0.3, -0.25) is 9.59 Å². The van der Waals surface area contributed by atoms with Gasteiger partial charge < -0.3 is 19.9 Å². The molecule has 0 spiro atoms. The van der Waals surface area contributed by atoms with Crippen LogP contribution in [-0.2, 0) is 32.1 Å². The summed E-state index contributed by atoms with van der Waals surface area (Å²) in [5.41, 5.74) is 0.915. The molecule has 0 radical (unpaired) electrons. The van der Waals surface area contributed by atoms with E-state index in [-0.39, 0.29) is 12.5 Å². The first-order chi connectivity index (χ1) is 14.1. The maximum Gasteiger partial charge on any atom is 0.308 e. The van der Waals surface area contributed by atoms with Crippen molar-refractivity contribution in [2.45, 2.75) is 31.5 Å². The zero-order valence-electron chi connectivity index (χ0n) is 16.4. The zero-order valence-corrected chi connectivity index (χ0v) is 16.4. The largest absolute Gasteiger partial charge is 0.481 e. The Morgan fingerprint density at radius 3 is 2.17 bits per heavy atom. The number of hydrogen-bond acceptors (Lipinski definition) is 4. The fourth-order valence-electron chi connectivity index (χ4n) is 3.46. The molecule has 0 saturated carbocycles. The molecule has 2 aromatic carbocycles. The SMILES string of the molecule is O=C(O)C(CNC(=O)C1(OCc2ccccc2)CCOCC1)Cc1ccccc1. The van der Waals surface area contributed by atoms with Gasteiger partial charge in [0.1, 0.15) is 0 Å².